The van der Waals surface area contributed by atoms with Crippen LogP contribution in [0, 0.1) is 11.3 Å². The van der Waals surface area contributed by atoms with Crippen molar-refractivity contribution in [2.45, 2.75) is 6.92 Å². The first-order valence-electron chi connectivity index (χ1n) is 6.02. The third-order valence-corrected chi connectivity index (χ3v) is 2.57. The highest BCUT2D eigenvalue weighted by molar-refractivity contribution is 6.32. The fourth-order valence-electron chi connectivity index (χ4n) is 1.31. The van der Waals surface area contributed by atoms with Gasteiger partial charge in [-0.2, -0.15) is 5.26 Å². The van der Waals surface area contributed by atoms with E-state index < -0.39 is 18.5 Å². The maximum Gasteiger partial charge on any atom is 0.331 e. The van der Waals surface area contributed by atoms with Gasteiger partial charge in [0.15, 0.2) is 6.61 Å². The number of nitriles is 1. The molecule has 0 saturated carbocycles. The van der Waals surface area contributed by atoms with Gasteiger partial charge in [-0.25, -0.2) is 4.79 Å². The lowest BCUT2D eigenvalue weighted by Gasteiger charge is -2.06. The topological polar surface area (TPSA) is 79.2 Å². The molecule has 0 unspecified atom stereocenters. The van der Waals surface area contributed by atoms with Crippen molar-refractivity contribution < 1.29 is 14.3 Å². The Bertz CT molecular complexity index is 630. The summed E-state index contributed by atoms with van der Waals surface area (Å²) in [4.78, 5) is 22.8. The van der Waals surface area contributed by atoms with Gasteiger partial charge in [0.05, 0.1) is 10.6 Å². The number of carbonyl (C=O) groups is 2. The number of amides is 1. The molecule has 0 radical (unpaired) electrons. The monoisotopic (exact) mass is 304 g/mol. The fourth-order valence-corrected chi connectivity index (χ4v) is 1.53. The van der Waals surface area contributed by atoms with Crippen molar-refractivity contribution in [1.82, 2.24) is 0 Å². The predicted molar refractivity (Wildman–Crippen MR) is 79.7 cm³/mol. The fraction of sp³-hybridized carbons (Fsp3) is 0.133. The summed E-state index contributed by atoms with van der Waals surface area (Å²) in [5.41, 5.74) is 0.736. The van der Waals surface area contributed by atoms with Crippen molar-refractivity contribution in [3.63, 3.8) is 0 Å². The third-order valence-electron chi connectivity index (χ3n) is 2.25. The van der Waals surface area contributed by atoms with Crippen molar-refractivity contribution in [3.8, 4) is 6.07 Å². The standard InChI is InChI=1S/C15H13ClN2O3/c1-2-3-4-5-15(20)21-10-14(19)18-12-7-6-11(9-17)13(16)8-12/h2-8H,10H2,1H3,(H,18,19)/b3-2+,5-4+. The quantitative estimate of drug-likeness (QED) is 0.515. The molecule has 1 amide bonds. The van der Waals surface area contributed by atoms with Gasteiger partial charge in [0.25, 0.3) is 5.91 Å². The van der Waals surface area contributed by atoms with Gasteiger partial charge >= 0.3 is 5.97 Å². The summed E-state index contributed by atoms with van der Waals surface area (Å²) in [5.74, 6) is -1.11. The number of ether oxygens (including phenoxy) is 1. The van der Waals surface area contributed by atoms with Gasteiger partial charge in [-0.1, -0.05) is 29.8 Å². The molecule has 0 aliphatic heterocycles. The van der Waals surface area contributed by atoms with Crippen LogP contribution in [0.2, 0.25) is 5.02 Å². The van der Waals surface area contributed by atoms with Gasteiger partial charge in [0.2, 0.25) is 0 Å². The second-order valence-electron chi connectivity index (χ2n) is 3.85. The second kappa shape index (κ2) is 8.56. The average molecular weight is 305 g/mol. The molecule has 6 heteroatoms. The number of hydrogen-bond donors (Lipinski definition) is 1. The van der Waals surface area contributed by atoms with Crippen LogP contribution in [0.25, 0.3) is 0 Å². The van der Waals surface area contributed by atoms with Gasteiger partial charge in [0.1, 0.15) is 6.07 Å². The molecule has 0 atom stereocenters. The molecule has 0 fully saturated rings. The summed E-state index contributed by atoms with van der Waals surface area (Å²) >= 11 is 5.84. The van der Waals surface area contributed by atoms with Crippen LogP contribution in [0.15, 0.2) is 42.5 Å². The molecule has 0 aliphatic rings. The van der Waals surface area contributed by atoms with Crippen LogP contribution < -0.4 is 5.32 Å². The minimum atomic E-state index is -0.610. The predicted octanol–water partition coefficient (Wildman–Crippen LogP) is 2.83. The Hall–Kier alpha value is -2.58. The molecule has 1 rings (SSSR count). The molecular formula is C15H13ClN2O3. The Morgan fingerprint density at radius 2 is 2.19 bits per heavy atom. The summed E-state index contributed by atoms with van der Waals surface area (Å²) in [6, 6.07) is 6.39. The highest BCUT2D eigenvalue weighted by Gasteiger charge is 2.07. The number of allylic oxidation sites excluding steroid dienone is 3. The molecule has 1 aromatic rings. The van der Waals surface area contributed by atoms with E-state index in [4.69, 9.17) is 21.6 Å². The number of nitrogens with zero attached hydrogens (tertiary/aromatic N) is 1. The maximum absolute atomic E-state index is 11.6. The van der Waals surface area contributed by atoms with E-state index in [-0.39, 0.29) is 5.02 Å². The molecule has 1 N–H and O–H groups in total. The third kappa shape index (κ3) is 5.93. The number of anilines is 1. The number of carbonyl (C=O) groups excluding carboxylic acids is 2. The van der Waals surface area contributed by atoms with Gasteiger partial charge in [-0.3, -0.25) is 4.79 Å². The lowest BCUT2D eigenvalue weighted by molar-refractivity contribution is -0.142. The van der Waals surface area contributed by atoms with E-state index >= 15 is 0 Å². The van der Waals surface area contributed by atoms with Crippen molar-refractivity contribution in [2.75, 3.05) is 11.9 Å². The number of nitrogens with one attached hydrogen (secondary N) is 1. The molecule has 0 bridgehead atoms. The van der Waals surface area contributed by atoms with Crippen molar-refractivity contribution in [1.29, 1.82) is 5.26 Å². The lowest BCUT2D eigenvalue weighted by atomic mass is 10.2. The SMILES string of the molecule is C/C=C/C=C/C(=O)OCC(=O)Nc1ccc(C#N)c(Cl)c1. The van der Waals surface area contributed by atoms with Crippen LogP contribution in [-0.4, -0.2) is 18.5 Å². The summed E-state index contributed by atoms with van der Waals surface area (Å²) < 4.78 is 4.74. The van der Waals surface area contributed by atoms with E-state index in [1.807, 2.05) is 13.0 Å². The molecule has 0 aromatic heterocycles. The van der Waals surface area contributed by atoms with Gasteiger partial charge < -0.3 is 10.1 Å². The van der Waals surface area contributed by atoms with Crippen LogP contribution >= 0.6 is 11.6 Å². The molecule has 0 heterocycles. The van der Waals surface area contributed by atoms with Crippen molar-refractivity contribution in [2.24, 2.45) is 0 Å². The van der Waals surface area contributed by atoms with Crippen LogP contribution in [-0.2, 0) is 14.3 Å². The van der Waals surface area contributed by atoms with Gasteiger partial charge in [-0.05, 0) is 25.1 Å². The Morgan fingerprint density at radius 1 is 1.43 bits per heavy atom. The first-order chi connectivity index (χ1) is 10.1. The summed E-state index contributed by atoms with van der Waals surface area (Å²) in [6.45, 7) is 1.41. The zero-order chi connectivity index (χ0) is 15.7. The zero-order valence-corrected chi connectivity index (χ0v) is 12.1. The molecule has 0 saturated heterocycles. The van der Waals surface area contributed by atoms with Crippen LogP contribution in [0.1, 0.15) is 12.5 Å². The van der Waals surface area contributed by atoms with Crippen LogP contribution in [0.3, 0.4) is 0 Å². The number of hydrogen-bond acceptors (Lipinski definition) is 4. The Labute approximate surface area is 127 Å². The first kappa shape index (κ1) is 16.5. The van der Waals surface area contributed by atoms with Crippen molar-refractivity contribution >= 4 is 29.2 Å². The normalized spacial score (nSPS) is 10.5. The van der Waals surface area contributed by atoms with E-state index in [2.05, 4.69) is 5.32 Å². The van der Waals surface area contributed by atoms with Crippen LogP contribution in [0.5, 0.6) is 0 Å². The van der Waals surface area contributed by atoms with E-state index in [0.717, 1.165) is 0 Å². The average Bonchev–Trinajstić information content (AvgIpc) is 2.46. The number of benzene rings is 1. The summed E-state index contributed by atoms with van der Waals surface area (Å²) in [6.07, 6.45) is 6.15. The Kier molecular flexibility index (Phi) is 6.72. The van der Waals surface area contributed by atoms with Gasteiger partial charge in [0, 0.05) is 11.8 Å². The van der Waals surface area contributed by atoms with Gasteiger partial charge in [-0.15, -0.1) is 0 Å². The highest BCUT2D eigenvalue weighted by Crippen LogP contribution is 2.20. The largest absolute Gasteiger partial charge is 0.452 e. The second-order valence-corrected chi connectivity index (χ2v) is 4.25. The number of esters is 1. The van der Waals surface area contributed by atoms with E-state index in [9.17, 15) is 9.59 Å². The van der Waals surface area contributed by atoms with Crippen LogP contribution in [0.4, 0.5) is 5.69 Å². The van der Waals surface area contributed by atoms with E-state index in [1.54, 1.807) is 12.2 Å². The molecule has 108 valence electrons. The molecule has 5 nitrogen and oxygen atoms in total. The highest BCUT2D eigenvalue weighted by atomic mass is 35.5. The smallest absolute Gasteiger partial charge is 0.331 e. The molecular weight excluding hydrogens is 292 g/mol. The molecule has 0 spiro atoms. The Morgan fingerprint density at radius 3 is 2.81 bits per heavy atom. The summed E-state index contributed by atoms with van der Waals surface area (Å²) in [7, 11) is 0. The minimum Gasteiger partial charge on any atom is -0.452 e. The molecule has 1 aromatic carbocycles. The number of halogens is 1. The Balaban J connectivity index is 2.49. The maximum atomic E-state index is 11.6. The van der Waals surface area contributed by atoms with E-state index in [0.29, 0.717) is 11.3 Å². The molecule has 21 heavy (non-hydrogen) atoms. The van der Waals surface area contributed by atoms with E-state index in [1.165, 1.54) is 30.4 Å². The minimum absolute atomic E-state index is 0.238. The first-order valence-corrected chi connectivity index (χ1v) is 6.40. The van der Waals surface area contributed by atoms with Crippen molar-refractivity contribution in [3.05, 3.63) is 53.1 Å². The zero-order valence-electron chi connectivity index (χ0n) is 11.3. The molecule has 0 aliphatic carbocycles. The summed E-state index contributed by atoms with van der Waals surface area (Å²) in [5, 5.41) is 11.5. The number of rotatable bonds is 5. The lowest BCUT2D eigenvalue weighted by Crippen LogP contribution is -2.20.